The molecular weight excluding hydrogens is 226 g/mol. The summed E-state index contributed by atoms with van der Waals surface area (Å²) in [6, 6.07) is 9.66. The predicted octanol–water partition coefficient (Wildman–Crippen LogP) is 2.13. The van der Waals surface area contributed by atoms with Crippen LogP contribution in [0.1, 0.15) is 13.8 Å². The number of nitrogen functional groups attached to an aromatic ring is 1. The van der Waals surface area contributed by atoms with Gasteiger partial charge in [0.1, 0.15) is 12.4 Å². The molecule has 0 saturated carbocycles. The summed E-state index contributed by atoms with van der Waals surface area (Å²) in [5.41, 5.74) is 6.38. The van der Waals surface area contributed by atoms with Crippen LogP contribution in [0.5, 0.6) is 5.75 Å². The number of ether oxygens (including phenoxy) is 1. The first-order chi connectivity index (χ1) is 8.65. The minimum Gasteiger partial charge on any atom is -0.492 e. The van der Waals surface area contributed by atoms with Gasteiger partial charge in [-0.2, -0.15) is 5.26 Å². The molecule has 0 fully saturated rings. The van der Waals surface area contributed by atoms with Crippen LogP contribution in [-0.2, 0) is 0 Å². The lowest BCUT2D eigenvalue weighted by atomic mass is 10.2. The largest absolute Gasteiger partial charge is 0.492 e. The lowest BCUT2D eigenvalue weighted by Gasteiger charge is -2.21. The average molecular weight is 247 g/mol. The molecule has 0 aliphatic rings. The highest BCUT2D eigenvalue weighted by Crippen LogP contribution is 2.14. The van der Waals surface area contributed by atoms with Gasteiger partial charge in [-0.05, 0) is 25.6 Å². The SMILES string of the molecule is CCN(CCOc1cccc(N)c1)CC(C)C#N. The van der Waals surface area contributed by atoms with Gasteiger partial charge in [0.2, 0.25) is 0 Å². The van der Waals surface area contributed by atoms with Crippen LogP contribution in [-0.4, -0.2) is 31.1 Å². The van der Waals surface area contributed by atoms with Crippen molar-refractivity contribution in [1.29, 1.82) is 5.26 Å². The predicted molar refractivity (Wildman–Crippen MR) is 73.2 cm³/mol. The summed E-state index contributed by atoms with van der Waals surface area (Å²) in [5, 5.41) is 8.79. The Morgan fingerprint density at radius 2 is 2.28 bits per heavy atom. The Balaban J connectivity index is 2.33. The second kappa shape index (κ2) is 7.57. The number of hydrogen-bond donors (Lipinski definition) is 1. The molecule has 2 N–H and O–H groups in total. The van der Waals surface area contributed by atoms with Crippen molar-refractivity contribution < 1.29 is 4.74 Å². The standard InChI is InChI=1S/C14H21N3O/c1-3-17(11-12(2)10-15)7-8-18-14-6-4-5-13(16)9-14/h4-6,9,12H,3,7-8,11,16H2,1-2H3. The summed E-state index contributed by atoms with van der Waals surface area (Å²) >= 11 is 0. The Morgan fingerprint density at radius 3 is 2.89 bits per heavy atom. The second-order valence-electron chi connectivity index (χ2n) is 4.34. The summed E-state index contributed by atoms with van der Waals surface area (Å²) in [5.74, 6) is 0.844. The van der Waals surface area contributed by atoms with E-state index in [4.69, 9.17) is 15.7 Å². The number of anilines is 1. The molecule has 1 atom stereocenters. The molecule has 1 unspecified atom stereocenters. The monoisotopic (exact) mass is 247 g/mol. The Morgan fingerprint density at radius 1 is 1.50 bits per heavy atom. The van der Waals surface area contributed by atoms with E-state index in [-0.39, 0.29) is 5.92 Å². The third kappa shape index (κ3) is 5.07. The van der Waals surface area contributed by atoms with E-state index in [0.717, 1.165) is 25.4 Å². The molecule has 0 aromatic heterocycles. The molecule has 0 bridgehead atoms. The average Bonchev–Trinajstić information content (AvgIpc) is 2.37. The van der Waals surface area contributed by atoms with Crippen LogP contribution >= 0.6 is 0 Å². The van der Waals surface area contributed by atoms with Crippen molar-refractivity contribution in [3.63, 3.8) is 0 Å². The van der Waals surface area contributed by atoms with Crippen LogP contribution in [0, 0.1) is 17.2 Å². The Labute approximate surface area is 109 Å². The number of benzene rings is 1. The molecule has 1 aromatic rings. The molecule has 98 valence electrons. The van der Waals surface area contributed by atoms with Gasteiger partial charge in [-0.15, -0.1) is 0 Å². The molecular formula is C14H21N3O. The quantitative estimate of drug-likeness (QED) is 0.750. The van der Waals surface area contributed by atoms with Crippen LogP contribution in [0.4, 0.5) is 5.69 Å². The maximum Gasteiger partial charge on any atom is 0.121 e. The summed E-state index contributed by atoms with van der Waals surface area (Å²) in [6.45, 7) is 7.15. The molecule has 1 rings (SSSR count). The maximum absolute atomic E-state index is 8.79. The van der Waals surface area contributed by atoms with Gasteiger partial charge in [-0.25, -0.2) is 0 Å². The normalized spacial score (nSPS) is 12.1. The molecule has 0 radical (unpaired) electrons. The van der Waals surface area contributed by atoms with E-state index in [1.165, 1.54) is 0 Å². The molecule has 0 spiro atoms. The molecule has 0 aliphatic heterocycles. The van der Waals surface area contributed by atoms with E-state index in [0.29, 0.717) is 12.3 Å². The molecule has 4 heteroatoms. The minimum atomic E-state index is 0.0531. The zero-order chi connectivity index (χ0) is 13.4. The number of nitriles is 1. The van der Waals surface area contributed by atoms with Gasteiger partial charge in [-0.3, -0.25) is 4.90 Å². The van der Waals surface area contributed by atoms with Crippen LogP contribution in [0.3, 0.4) is 0 Å². The fourth-order valence-electron chi connectivity index (χ4n) is 1.70. The van der Waals surface area contributed by atoms with Crippen LogP contribution in [0.15, 0.2) is 24.3 Å². The van der Waals surface area contributed by atoms with Crippen molar-refractivity contribution in [3.05, 3.63) is 24.3 Å². The van der Waals surface area contributed by atoms with Gasteiger partial charge in [-0.1, -0.05) is 13.0 Å². The summed E-state index contributed by atoms with van der Waals surface area (Å²) < 4.78 is 5.63. The fraction of sp³-hybridized carbons (Fsp3) is 0.500. The van der Waals surface area contributed by atoms with Gasteiger partial charge < -0.3 is 10.5 Å². The van der Waals surface area contributed by atoms with Crippen molar-refractivity contribution in [2.75, 3.05) is 32.0 Å². The van der Waals surface area contributed by atoms with Crippen molar-refractivity contribution in [2.45, 2.75) is 13.8 Å². The molecule has 18 heavy (non-hydrogen) atoms. The highest BCUT2D eigenvalue weighted by Gasteiger charge is 2.07. The highest BCUT2D eigenvalue weighted by molar-refractivity contribution is 5.43. The van der Waals surface area contributed by atoms with E-state index < -0.39 is 0 Å². The molecule has 0 heterocycles. The second-order valence-corrected chi connectivity index (χ2v) is 4.34. The molecule has 0 aliphatic carbocycles. The molecule has 0 saturated heterocycles. The number of hydrogen-bond acceptors (Lipinski definition) is 4. The number of nitrogens with zero attached hydrogens (tertiary/aromatic N) is 2. The summed E-state index contributed by atoms with van der Waals surface area (Å²) in [4.78, 5) is 2.21. The Hall–Kier alpha value is -1.73. The van der Waals surface area contributed by atoms with Crippen molar-refractivity contribution in [3.8, 4) is 11.8 Å². The lowest BCUT2D eigenvalue weighted by Crippen LogP contribution is -2.32. The smallest absolute Gasteiger partial charge is 0.121 e. The van der Waals surface area contributed by atoms with Crippen molar-refractivity contribution in [2.24, 2.45) is 5.92 Å². The highest BCUT2D eigenvalue weighted by atomic mass is 16.5. The summed E-state index contributed by atoms with van der Waals surface area (Å²) in [7, 11) is 0. The van der Waals surface area contributed by atoms with Gasteiger partial charge in [0.15, 0.2) is 0 Å². The first-order valence-electron chi connectivity index (χ1n) is 6.26. The van der Waals surface area contributed by atoms with E-state index in [1.54, 1.807) is 0 Å². The van der Waals surface area contributed by atoms with E-state index in [9.17, 15) is 0 Å². The van der Waals surface area contributed by atoms with Gasteiger partial charge >= 0.3 is 0 Å². The van der Waals surface area contributed by atoms with Crippen LogP contribution in [0.25, 0.3) is 0 Å². The van der Waals surface area contributed by atoms with E-state index >= 15 is 0 Å². The third-order valence-electron chi connectivity index (χ3n) is 2.73. The molecule has 0 amide bonds. The maximum atomic E-state index is 8.79. The topological polar surface area (TPSA) is 62.3 Å². The fourth-order valence-corrected chi connectivity index (χ4v) is 1.70. The number of likely N-dealkylation sites (N-methyl/N-ethyl adjacent to an activating group) is 1. The minimum absolute atomic E-state index is 0.0531. The van der Waals surface area contributed by atoms with Crippen LogP contribution in [0.2, 0.25) is 0 Å². The third-order valence-corrected chi connectivity index (χ3v) is 2.73. The Kier molecular flexibility index (Phi) is 6.03. The van der Waals surface area contributed by atoms with Gasteiger partial charge in [0.25, 0.3) is 0 Å². The van der Waals surface area contributed by atoms with E-state index in [1.807, 2.05) is 31.2 Å². The summed E-state index contributed by atoms with van der Waals surface area (Å²) in [6.07, 6.45) is 0. The lowest BCUT2D eigenvalue weighted by molar-refractivity contribution is 0.206. The number of nitrogens with two attached hydrogens (primary N) is 1. The first-order valence-corrected chi connectivity index (χ1v) is 6.26. The number of rotatable bonds is 7. The molecule has 1 aromatic carbocycles. The first kappa shape index (κ1) is 14.3. The van der Waals surface area contributed by atoms with E-state index in [2.05, 4.69) is 17.9 Å². The Bertz CT molecular complexity index is 400. The zero-order valence-corrected chi connectivity index (χ0v) is 11.1. The van der Waals surface area contributed by atoms with Crippen molar-refractivity contribution >= 4 is 5.69 Å². The van der Waals surface area contributed by atoms with Crippen LogP contribution < -0.4 is 10.5 Å². The van der Waals surface area contributed by atoms with Gasteiger partial charge in [0, 0.05) is 24.8 Å². The van der Waals surface area contributed by atoms with Gasteiger partial charge in [0.05, 0.1) is 12.0 Å². The van der Waals surface area contributed by atoms with Crippen molar-refractivity contribution in [1.82, 2.24) is 4.90 Å². The zero-order valence-electron chi connectivity index (χ0n) is 11.1. The molecule has 4 nitrogen and oxygen atoms in total.